The molecule has 92 valence electrons. The van der Waals surface area contributed by atoms with E-state index in [2.05, 4.69) is 20.5 Å². The van der Waals surface area contributed by atoms with Crippen LogP contribution in [0.3, 0.4) is 0 Å². The lowest BCUT2D eigenvalue weighted by Crippen LogP contribution is -2.15. The number of anilines is 2. The third-order valence-corrected chi connectivity index (χ3v) is 2.43. The van der Waals surface area contributed by atoms with Crippen molar-refractivity contribution in [1.82, 2.24) is 15.2 Å². The molecule has 3 N–H and O–H groups in total. The molecule has 18 heavy (non-hydrogen) atoms. The minimum atomic E-state index is -0.451. The normalized spacial score (nSPS) is 10.1. The second kappa shape index (κ2) is 5.16. The van der Waals surface area contributed by atoms with E-state index in [0.717, 1.165) is 0 Å². The Hall–Kier alpha value is -1.92. The highest BCUT2D eigenvalue weighted by atomic mass is 35.5. The predicted octanol–water partition coefficient (Wildman–Crippen LogP) is 2.01. The molecule has 8 heteroatoms. The van der Waals surface area contributed by atoms with Crippen LogP contribution in [0.4, 0.5) is 11.5 Å². The molecule has 0 saturated carbocycles. The number of nitrogens with one attached hydrogen (secondary N) is 1. The number of nitrogens with two attached hydrogens (primary N) is 1. The molecule has 2 heterocycles. The highest BCUT2D eigenvalue weighted by molar-refractivity contribution is 6.30. The first-order valence-corrected chi connectivity index (χ1v) is 5.53. The van der Waals surface area contributed by atoms with Crippen LogP contribution >= 0.6 is 23.2 Å². The van der Waals surface area contributed by atoms with Gasteiger partial charge in [0.15, 0.2) is 11.0 Å². The van der Waals surface area contributed by atoms with E-state index < -0.39 is 5.91 Å². The first-order chi connectivity index (χ1) is 8.56. The summed E-state index contributed by atoms with van der Waals surface area (Å²) >= 11 is 11.3. The second-order valence-corrected chi connectivity index (χ2v) is 4.06. The Morgan fingerprint density at radius 1 is 1.22 bits per heavy atom. The minimum absolute atomic E-state index is 0.177. The fraction of sp³-hybridized carbons (Fsp3) is 0. The fourth-order valence-electron chi connectivity index (χ4n) is 1.20. The van der Waals surface area contributed by atoms with Crippen LogP contribution in [0, 0.1) is 0 Å². The van der Waals surface area contributed by atoms with Crippen molar-refractivity contribution in [1.29, 1.82) is 0 Å². The molecule has 2 aromatic rings. The molecule has 6 nitrogen and oxygen atoms in total. The highest BCUT2D eigenvalue weighted by Crippen LogP contribution is 2.16. The van der Waals surface area contributed by atoms with Gasteiger partial charge >= 0.3 is 0 Å². The molecule has 0 aliphatic carbocycles. The summed E-state index contributed by atoms with van der Waals surface area (Å²) in [5, 5.41) is 10.2. The van der Waals surface area contributed by atoms with E-state index in [4.69, 9.17) is 28.9 Å². The molecule has 0 saturated heterocycles. The van der Waals surface area contributed by atoms with Crippen LogP contribution in [0.2, 0.25) is 10.3 Å². The second-order valence-electron chi connectivity index (χ2n) is 3.29. The molecule has 0 atom stereocenters. The van der Waals surface area contributed by atoms with E-state index >= 15 is 0 Å². The maximum Gasteiger partial charge on any atom is 0.259 e. The number of carbonyl (C=O) groups excluding carboxylic acids is 1. The molecule has 0 fully saturated rings. The van der Waals surface area contributed by atoms with E-state index in [-0.39, 0.29) is 27.4 Å². The molecule has 0 aliphatic rings. The third-order valence-electron chi connectivity index (χ3n) is 2.02. The first-order valence-electron chi connectivity index (χ1n) is 4.78. The Morgan fingerprint density at radius 2 is 2.00 bits per heavy atom. The Balaban J connectivity index is 2.21. The SMILES string of the molecule is Nc1cnc(Cl)cc1C(=O)Nc1ccc(Cl)nn1. The van der Waals surface area contributed by atoms with Crippen molar-refractivity contribution < 1.29 is 4.79 Å². The number of carbonyl (C=O) groups is 1. The standard InChI is InChI=1S/C10H7Cl2N5O/c11-7-1-2-9(17-16-7)15-10(18)5-3-8(12)14-4-6(5)13/h1-4H,13H2,(H,15,17,18). The Bertz CT molecular complexity index is 587. The number of rotatable bonds is 2. The predicted molar refractivity (Wildman–Crippen MR) is 68.7 cm³/mol. The van der Waals surface area contributed by atoms with E-state index in [1.807, 2.05) is 0 Å². The average molecular weight is 284 g/mol. The number of pyridine rings is 1. The fourth-order valence-corrected chi connectivity index (χ4v) is 1.46. The first kappa shape index (κ1) is 12.5. The van der Waals surface area contributed by atoms with Gasteiger partial charge < -0.3 is 11.1 Å². The van der Waals surface area contributed by atoms with Gasteiger partial charge in [0, 0.05) is 0 Å². The number of aromatic nitrogens is 3. The van der Waals surface area contributed by atoms with Gasteiger partial charge in [0.25, 0.3) is 5.91 Å². The molecule has 0 radical (unpaired) electrons. The van der Waals surface area contributed by atoms with Crippen molar-refractivity contribution >= 4 is 40.6 Å². The van der Waals surface area contributed by atoms with Gasteiger partial charge in [0.05, 0.1) is 17.4 Å². The number of nitrogen functional groups attached to an aromatic ring is 1. The summed E-state index contributed by atoms with van der Waals surface area (Å²) in [6, 6.07) is 4.40. The quantitative estimate of drug-likeness (QED) is 0.823. The van der Waals surface area contributed by atoms with Crippen LogP contribution < -0.4 is 11.1 Å². The van der Waals surface area contributed by atoms with E-state index in [9.17, 15) is 4.79 Å². The summed E-state index contributed by atoms with van der Waals surface area (Å²) in [6.45, 7) is 0. The zero-order valence-corrected chi connectivity index (χ0v) is 10.4. The summed E-state index contributed by atoms with van der Waals surface area (Å²) < 4.78 is 0. The molecule has 0 aliphatic heterocycles. The number of amides is 1. The van der Waals surface area contributed by atoms with Gasteiger partial charge in [0.1, 0.15) is 5.15 Å². The van der Waals surface area contributed by atoms with Crippen molar-refractivity contribution in [2.24, 2.45) is 0 Å². The molecular weight excluding hydrogens is 277 g/mol. The van der Waals surface area contributed by atoms with Crippen LogP contribution in [-0.4, -0.2) is 21.1 Å². The Labute approximate surface area is 112 Å². The number of hydrogen-bond acceptors (Lipinski definition) is 5. The number of nitrogens with zero attached hydrogens (tertiary/aromatic N) is 3. The Morgan fingerprint density at radius 3 is 2.67 bits per heavy atom. The van der Waals surface area contributed by atoms with Gasteiger partial charge in [-0.3, -0.25) is 4.79 Å². The number of hydrogen-bond donors (Lipinski definition) is 2. The van der Waals surface area contributed by atoms with Crippen LogP contribution in [-0.2, 0) is 0 Å². The lowest BCUT2D eigenvalue weighted by atomic mass is 10.2. The van der Waals surface area contributed by atoms with Gasteiger partial charge in [-0.15, -0.1) is 10.2 Å². The van der Waals surface area contributed by atoms with Crippen LogP contribution in [0.5, 0.6) is 0 Å². The van der Waals surface area contributed by atoms with Gasteiger partial charge in [-0.2, -0.15) is 0 Å². The molecular formula is C10H7Cl2N5O. The smallest absolute Gasteiger partial charge is 0.259 e. The largest absolute Gasteiger partial charge is 0.397 e. The third kappa shape index (κ3) is 2.85. The molecule has 1 amide bonds. The molecule has 0 spiro atoms. The van der Waals surface area contributed by atoms with E-state index in [0.29, 0.717) is 0 Å². The maximum atomic E-state index is 11.9. The van der Waals surface area contributed by atoms with Gasteiger partial charge in [-0.1, -0.05) is 23.2 Å². The Kier molecular flexibility index (Phi) is 3.59. The maximum absolute atomic E-state index is 11.9. The van der Waals surface area contributed by atoms with Crippen molar-refractivity contribution in [3.05, 3.63) is 40.3 Å². The molecule has 0 bridgehead atoms. The zero-order valence-electron chi connectivity index (χ0n) is 8.89. The lowest BCUT2D eigenvalue weighted by molar-refractivity contribution is 0.102. The summed E-state index contributed by atoms with van der Waals surface area (Å²) in [5.74, 6) is -0.190. The summed E-state index contributed by atoms with van der Waals surface area (Å²) in [7, 11) is 0. The lowest BCUT2D eigenvalue weighted by Gasteiger charge is -2.06. The summed E-state index contributed by atoms with van der Waals surface area (Å²) in [4.78, 5) is 15.6. The van der Waals surface area contributed by atoms with Crippen molar-refractivity contribution in [3.8, 4) is 0 Å². The molecule has 0 unspecified atom stereocenters. The molecule has 0 aromatic carbocycles. The van der Waals surface area contributed by atoms with Gasteiger partial charge in [-0.05, 0) is 18.2 Å². The number of halogens is 2. The average Bonchev–Trinajstić information content (AvgIpc) is 2.35. The monoisotopic (exact) mass is 283 g/mol. The van der Waals surface area contributed by atoms with Crippen molar-refractivity contribution in [2.75, 3.05) is 11.1 Å². The van der Waals surface area contributed by atoms with Crippen LogP contribution in [0.1, 0.15) is 10.4 Å². The van der Waals surface area contributed by atoms with Crippen LogP contribution in [0.15, 0.2) is 24.4 Å². The van der Waals surface area contributed by atoms with Gasteiger partial charge in [0.2, 0.25) is 0 Å². The van der Waals surface area contributed by atoms with Crippen LogP contribution in [0.25, 0.3) is 0 Å². The highest BCUT2D eigenvalue weighted by Gasteiger charge is 2.12. The topological polar surface area (TPSA) is 93.8 Å². The van der Waals surface area contributed by atoms with Crippen molar-refractivity contribution in [3.63, 3.8) is 0 Å². The minimum Gasteiger partial charge on any atom is -0.397 e. The van der Waals surface area contributed by atoms with E-state index in [1.165, 1.54) is 24.4 Å². The zero-order chi connectivity index (χ0) is 13.1. The van der Waals surface area contributed by atoms with Gasteiger partial charge in [-0.25, -0.2) is 4.98 Å². The van der Waals surface area contributed by atoms with Crippen molar-refractivity contribution in [2.45, 2.75) is 0 Å². The molecule has 2 aromatic heterocycles. The summed E-state index contributed by atoms with van der Waals surface area (Å²) in [5.41, 5.74) is 6.06. The van der Waals surface area contributed by atoms with E-state index in [1.54, 1.807) is 0 Å². The molecule has 2 rings (SSSR count). The summed E-state index contributed by atoms with van der Waals surface area (Å²) in [6.07, 6.45) is 1.31.